The van der Waals surface area contributed by atoms with Crippen LogP contribution < -0.4 is 14.8 Å². The topological polar surface area (TPSA) is 119 Å². The van der Waals surface area contributed by atoms with Crippen molar-refractivity contribution >= 4 is 38.7 Å². The molecule has 0 aliphatic rings. The van der Waals surface area contributed by atoms with Gasteiger partial charge in [0.05, 0.1) is 17.5 Å². The number of para-hydroxylation sites is 2. The van der Waals surface area contributed by atoms with E-state index in [1.165, 1.54) is 0 Å². The number of ether oxygens (including phenoxy) is 1. The number of hydrogen-bond donors (Lipinski definition) is 2. The smallest absolute Gasteiger partial charge is 0.409 e. The highest BCUT2D eigenvalue weighted by atomic mass is 32.2. The van der Waals surface area contributed by atoms with Crippen LogP contribution in [0.1, 0.15) is 50.9 Å². The van der Waals surface area contributed by atoms with Crippen LogP contribution in [0.4, 0.5) is 10.5 Å². The molecule has 0 atom stereocenters. The fourth-order valence-electron chi connectivity index (χ4n) is 4.48. The van der Waals surface area contributed by atoms with E-state index in [0.29, 0.717) is 18.5 Å². The highest BCUT2D eigenvalue weighted by Crippen LogP contribution is 2.31. The van der Waals surface area contributed by atoms with Crippen LogP contribution in [-0.2, 0) is 27.8 Å². The standard InChI is InChI=1S/C30H34N4O5S/c1-4-6-15-27-32-29-24(31-28(35)10-5-2)12-9-13-25(29)34(27)20-21-16-18-22(19-17-21)23-11-7-8-14-26(23)39-30(36)33-40(3,37)38/h7-9,11-14,16-19H,4-6,10,15,20H2,1-3H3,(H,31,35)(H,33,36). The molecule has 2 N–H and O–H groups in total. The van der Waals surface area contributed by atoms with Crippen LogP contribution in [0.2, 0.25) is 0 Å². The van der Waals surface area contributed by atoms with Crippen molar-refractivity contribution in [2.45, 2.75) is 52.5 Å². The summed E-state index contributed by atoms with van der Waals surface area (Å²) in [7, 11) is -3.74. The van der Waals surface area contributed by atoms with Crippen LogP contribution in [0.5, 0.6) is 5.75 Å². The van der Waals surface area contributed by atoms with E-state index in [1.807, 2.05) is 60.2 Å². The van der Waals surface area contributed by atoms with Gasteiger partial charge in [0.15, 0.2) is 0 Å². The Balaban J connectivity index is 1.62. The van der Waals surface area contributed by atoms with Crippen molar-refractivity contribution in [1.29, 1.82) is 0 Å². The maximum absolute atomic E-state index is 12.3. The van der Waals surface area contributed by atoms with Crippen molar-refractivity contribution in [2.75, 3.05) is 11.6 Å². The fourth-order valence-corrected chi connectivity index (χ4v) is 4.82. The number of fused-ring (bicyclic) bond motifs is 1. The average Bonchev–Trinajstić information content (AvgIpc) is 3.25. The van der Waals surface area contributed by atoms with Crippen molar-refractivity contribution in [3.63, 3.8) is 0 Å². The van der Waals surface area contributed by atoms with E-state index >= 15 is 0 Å². The number of rotatable bonds is 11. The minimum absolute atomic E-state index is 0.0201. The predicted octanol–water partition coefficient (Wildman–Crippen LogP) is 5.88. The van der Waals surface area contributed by atoms with Gasteiger partial charge in [-0.25, -0.2) is 22.9 Å². The molecule has 4 rings (SSSR count). The molecule has 0 saturated carbocycles. The Hall–Kier alpha value is -4.18. The van der Waals surface area contributed by atoms with Gasteiger partial charge in [-0.05, 0) is 42.2 Å². The first kappa shape index (κ1) is 28.8. The number of carbonyl (C=O) groups excluding carboxylic acids is 2. The van der Waals surface area contributed by atoms with Crippen molar-refractivity contribution < 1.29 is 22.7 Å². The van der Waals surface area contributed by atoms with Gasteiger partial charge in [-0.15, -0.1) is 0 Å². The number of sulfonamides is 1. The largest absolute Gasteiger partial charge is 0.426 e. The van der Waals surface area contributed by atoms with Crippen molar-refractivity contribution in [1.82, 2.24) is 14.3 Å². The second-order valence-electron chi connectivity index (χ2n) is 9.65. The third-order valence-electron chi connectivity index (χ3n) is 6.33. The number of unbranched alkanes of at least 4 members (excludes halogenated alkanes) is 1. The van der Waals surface area contributed by atoms with Gasteiger partial charge >= 0.3 is 6.09 Å². The molecule has 1 aromatic heterocycles. The number of carbonyl (C=O) groups is 2. The molecule has 1 heterocycles. The Morgan fingerprint density at radius 1 is 0.950 bits per heavy atom. The summed E-state index contributed by atoms with van der Waals surface area (Å²) in [6, 6.07) is 20.7. The third-order valence-corrected chi connectivity index (χ3v) is 6.86. The zero-order valence-electron chi connectivity index (χ0n) is 22.9. The van der Waals surface area contributed by atoms with Crippen LogP contribution in [0.15, 0.2) is 66.7 Å². The van der Waals surface area contributed by atoms with E-state index in [9.17, 15) is 18.0 Å². The van der Waals surface area contributed by atoms with E-state index in [1.54, 1.807) is 18.2 Å². The molecule has 0 bridgehead atoms. The minimum atomic E-state index is -3.74. The van der Waals surface area contributed by atoms with E-state index in [-0.39, 0.29) is 11.7 Å². The Morgan fingerprint density at radius 3 is 2.40 bits per heavy atom. The number of amides is 2. The Bertz CT molecular complexity index is 1610. The number of imidazole rings is 1. The number of hydrogen-bond acceptors (Lipinski definition) is 6. The van der Waals surface area contributed by atoms with Crippen LogP contribution in [0.3, 0.4) is 0 Å². The summed E-state index contributed by atoms with van der Waals surface area (Å²) in [5.74, 6) is 1.19. The Labute approximate surface area is 234 Å². The molecule has 10 heteroatoms. The minimum Gasteiger partial charge on any atom is -0.409 e. The van der Waals surface area contributed by atoms with Gasteiger partial charge in [-0.2, -0.15) is 0 Å². The van der Waals surface area contributed by atoms with Crippen molar-refractivity contribution in [3.05, 3.63) is 78.1 Å². The summed E-state index contributed by atoms with van der Waals surface area (Å²) in [5.41, 5.74) is 4.98. The summed E-state index contributed by atoms with van der Waals surface area (Å²) in [6.07, 6.45) is 3.93. The zero-order valence-corrected chi connectivity index (χ0v) is 23.8. The third kappa shape index (κ3) is 7.26. The summed E-state index contributed by atoms with van der Waals surface area (Å²) < 4.78 is 32.0. The lowest BCUT2D eigenvalue weighted by Gasteiger charge is -2.12. The number of aromatic nitrogens is 2. The number of benzene rings is 3. The zero-order chi connectivity index (χ0) is 28.7. The molecule has 0 aliphatic heterocycles. The normalized spacial score (nSPS) is 11.4. The van der Waals surface area contributed by atoms with Crippen molar-refractivity contribution in [3.8, 4) is 16.9 Å². The maximum atomic E-state index is 12.3. The molecule has 0 saturated heterocycles. The molecule has 2 amide bonds. The van der Waals surface area contributed by atoms with E-state index in [4.69, 9.17) is 9.72 Å². The molecular weight excluding hydrogens is 528 g/mol. The fraction of sp³-hybridized carbons (Fsp3) is 0.300. The van der Waals surface area contributed by atoms with E-state index in [2.05, 4.69) is 16.8 Å². The monoisotopic (exact) mass is 562 g/mol. The van der Waals surface area contributed by atoms with Gasteiger partial charge in [0.25, 0.3) is 0 Å². The predicted molar refractivity (Wildman–Crippen MR) is 157 cm³/mol. The number of nitrogens with zero attached hydrogens (tertiary/aromatic N) is 2. The van der Waals surface area contributed by atoms with Crippen LogP contribution in [0, 0.1) is 0 Å². The second kappa shape index (κ2) is 12.8. The van der Waals surface area contributed by atoms with Gasteiger partial charge < -0.3 is 14.6 Å². The van der Waals surface area contributed by atoms with Gasteiger partial charge in [-0.3, -0.25) is 4.79 Å². The van der Waals surface area contributed by atoms with Gasteiger partial charge in [-0.1, -0.05) is 68.8 Å². The van der Waals surface area contributed by atoms with Crippen LogP contribution >= 0.6 is 0 Å². The lowest BCUT2D eigenvalue weighted by atomic mass is 10.0. The second-order valence-corrected chi connectivity index (χ2v) is 11.4. The number of anilines is 1. The van der Waals surface area contributed by atoms with Crippen LogP contribution in [-0.4, -0.2) is 36.2 Å². The number of nitrogens with one attached hydrogen (secondary N) is 2. The molecule has 0 radical (unpaired) electrons. The summed E-state index contributed by atoms with van der Waals surface area (Å²) in [5, 5.41) is 3.01. The van der Waals surface area contributed by atoms with E-state index < -0.39 is 16.1 Å². The molecule has 4 aromatic rings. The Morgan fingerprint density at radius 2 is 1.70 bits per heavy atom. The van der Waals surface area contributed by atoms with E-state index in [0.717, 1.165) is 65.6 Å². The molecule has 3 aromatic carbocycles. The van der Waals surface area contributed by atoms with Gasteiger partial charge in [0, 0.05) is 24.9 Å². The summed E-state index contributed by atoms with van der Waals surface area (Å²) in [4.78, 5) is 29.3. The molecule has 0 spiro atoms. The summed E-state index contributed by atoms with van der Waals surface area (Å²) >= 11 is 0. The SMILES string of the molecule is CCCCc1nc2c(NC(=O)CCC)cccc2n1Cc1ccc(-c2ccccc2OC(=O)NS(C)(=O)=O)cc1. The van der Waals surface area contributed by atoms with Gasteiger partial charge in [0.2, 0.25) is 15.9 Å². The molecule has 0 unspecified atom stereocenters. The quantitative estimate of drug-likeness (QED) is 0.236. The first-order chi connectivity index (χ1) is 19.2. The first-order valence-corrected chi connectivity index (χ1v) is 15.2. The molecule has 40 heavy (non-hydrogen) atoms. The first-order valence-electron chi connectivity index (χ1n) is 13.3. The maximum Gasteiger partial charge on any atom is 0.426 e. The molecule has 210 valence electrons. The Kier molecular flexibility index (Phi) is 9.21. The molecule has 9 nitrogen and oxygen atoms in total. The van der Waals surface area contributed by atoms with Gasteiger partial charge in [0.1, 0.15) is 17.1 Å². The molecular formula is C30H34N4O5S. The van der Waals surface area contributed by atoms with Crippen molar-refractivity contribution in [2.24, 2.45) is 0 Å². The lowest BCUT2D eigenvalue weighted by molar-refractivity contribution is -0.116. The highest BCUT2D eigenvalue weighted by molar-refractivity contribution is 7.89. The van der Waals surface area contributed by atoms with Crippen LogP contribution in [0.25, 0.3) is 22.2 Å². The molecule has 0 aliphatic carbocycles. The average molecular weight is 563 g/mol. The number of aryl methyl sites for hydroxylation is 1. The highest BCUT2D eigenvalue weighted by Gasteiger charge is 2.17. The summed E-state index contributed by atoms with van der Waals surface area (Å²) in [6.45, 7) is 4.72. The molecule has 0 fully saturated rings. The lowest BCUT2D eigenvalue weighted by Crippen LogP contribution is -2.32.